The topological polar surface area (TPSA) is 37.5 Å². The van der Waals surface area contributed by atoms with Crippen LogP contribution in [0.1, 0.15) is 28.4 Å². The molecule has 2 aliphatic heterocycles. The Hall–Kier alpha value is -2.46. The lowest BCUT2D eigenvalue weighted by atomic mass is 9.86. The first-order valence-corrected chi connectivity index (χ1v) is 8.86. The smallest absolute Gasteiger partial charge is 0.165 e. The van der Waals surface area contributed by atoms with Gasteiger partial charge in [0.1, 0.15) is 0 Å². The van der Waals surface area contributed by atoms with Crippen LogP contribution < -0.4 is 9.47 Å². The lowest BCUT2D eigenvalue weighted by Gasteiger charge is -2.40. The Morgan fingerprint density at radius 2 is 1.92 bits per heavy atom. The van der Waals surface area contributed by atoms with E-state index in [2.05, 4.69) is 40.2 Å². The number of aromatic amines is 1. The maximum absolute atomic E-state index is 5.67. The molecule has 0 saturated heterocycles. The predicted octanol–water partition coefficient (Wildman–Crippen LogP) is 3.84. The third-order valence-electron chi connectivity index (χ3n) is 5.79. The molecular formula is C21H22N2O2. The minimum Gasteiger partial charge on any atom is -0.493 e. The molecule has 2 aliphatic rings. The highest BCUT2D eigenvalue weighted by Crippen LogP contribution is 2.44. The van der Waals surface area contributed by atoms with Gasteiger partial charge in [-0.25, -0.2) is 0 Å². The average Bonchev–Trinajstić information content (AvgIpc) is 3.04. The fraction of sp³-hybridized carbons (Fsp3) is 0.333. The molecule has 0 saturated carbocycles. The van der Waals surface area contributed by atoms with Gasteiger partial charge < -0.3 is 14.5 Å². The van der Waals surface area contributed by atoms with Crippen molar-refractivity contribution >= 4 is 10.9 Å². The van der Waals surface area contributed by atoms with Gasteiger partial charge in [-0.2, -0.15) is 0 Å². The standard InChI is InChI=1S/C21H22N2O2/c1-24-19-8-7-13-11-18-20-15(14-5-3-4-6-17(14)22-20)9-10-23(18)12-16(13)21(19)25-2/h3-8,18,22H,9-12H2,1-2H3. The summed E-state index contributed by atoms with van der Waals surface area (Å²) in [5.41, 5.74) is 6.80. The van der Waals surface area contributed by atoms with Crippen LogP contribution in [0.3, 0.4) is 0 Å². The van der Waals surface area contributed by atoms with E-state index in [1.165, 1.54) is 33.3 Å². The molecule has 0 bridgehead atoms. The third kappa shape index (κ3) is 2.10. The summed E-state index contributed by atoms with van der Waals surface area (Å²) in [4.78, 5) is 6.27. The molecule has 0 amide bonds. The number of H-pyrrole nitrogens is 1. The van der Waals surface area contributed by atoms with Crippen molar-refractivity contribution in [1.82, 2.24) is 9.88 Å². The number of aromatic nitrogens is 1. The third-order valence-corrected chi connectivity index (χ3v) is 5.79. The summed E-state index contributed by atoms with van der Waals surface area (Å²) < 4.78 is 11.2. The molecular weight excluding hydrogens is 312 g/mol. The van der Waals surface area contributed by atoms with Crippen molar-refractivity contribution in [1.29, 1.82) is 0 Å². The number of methoxy groups -OCH3 is 2. The Bertz CT molecular complexity index is 960. The van der Waals surface area contributed by atoms with Crippen molar-refractivity contribution in [3.05, 3.63) is 58.8 Å². The van der Waals surface area contributed by atoms with Crippen LogP contribution in [-0.2, 0) is 19.4 Å². The van der Waals surface area contributed by atoms with E-state index in [9.17, 15) is 0 Å². The summed E-state index contributed by atoms with van der Waals surface area (Å²) >= 11 is 0. The van der Waals surface area contributed by atoms with Gasteiger partial charge in [-0.05, 0) is 36.1 Å². The molecule has 0 radical (unpaired) electrons. The van der Waals surface area contributed by atoms with E-state index in [4.69, 9.17) is 9.47 Å². The second kappa shape index (κ2) is 5.53. The molecule has 1 atom stereocenters. The molecule has 3 aromatic rings. The highest BCUT2D eigenvalue weighted by Gasteiger charge is 2.35. The van der Waals surface area contributed by atoms with Gasteiger partial charge in [0.2, 0.25) is 0 Å². The summed E-state index contributed by atoms with van der Waals surface area (Å²) in [6.45, 7) is 1.99. The molecule has 4 heteroatoms. The van der Waals surface area contributed by atoms with E-state index < -0.39 is 0 Å². The van der Waals surface area contributed by atoms with E-state index in [0.29, 0.717) is 6.04 Å². The van der Waals surface area contributed by atoms with Gasteiger partial charge in [-0.15, -0.1) is 0 Å². The minimum atomic E-state index is 0.418. The highest BCUT2D eigenvalue weighted by atomic mass is 16.5. The minimum absolute atomic E-state index is 0.418. The van der Waals surface area contributed by atoms with E-state index >= 15 is 0 Å². The van der Waals surface area contributed by atoms with Gasteiger partial charge in [0.15, 0.2) is 11.5 Å². The quantitative estimate of drug-likeness (QED) is 0.774. The fourth-order valence-corrected chi connectivity index (χ4v) is 4.60. The number of rotatable bonds is 2. The van der Waals surface area contributed by atoms with Gasteiger partial charge in [0, 0.05) is 35.2 Å². The van der Waals surface area contributed by atoms with Crippen molar-refractivity contribution in [3.8, 4) is 11.5 Å². The highest BCUT2D eigenvalue weighted by molar-refractivity contribution is 5.85. The van der Waals surface area contributed by atoms with Crippen molar-refractivity contribution in [2.45, 2.75) is 25.4 Å². The van der Waals surface area contributed by atoms with Gasteiger partial charge in [0.05, 0.1) is 20.3 Å². The first kappa shape index (κ1) is 14.8. The monoisotopic (exact) mass is 334 g/mol. The summed E-state index contributed by atoms with van der Waals surface area (Å²) in [5.74, 6) is 1.71. The zero-order valence-electron chi connectivity index (χ0n) is 14.6. The molecule has 0 fully saturated rings. The van der Waals surface area contributed by atoms with Gasteiger partial charge in [0.25, 0.3) is 0 Å². The molecule has 1 aromatic heterocycles. The first-order valence-electron chi connectivity index (χ1n) is 8.86. The Kier molecular flexibility index (Phi) is 3.28. The molecule has 2 aromatic carbocycles. The zero-order chi connectivity index (χ0) is 17.0. The molecule has 5 rings (SSSR count). The Balaban J connectivity index is 1.61. The molecule has 1 unspecified atom stereocenters. The molecule has 1 N–H and O–H groups in total. The van der Waals surface area contributed by atoms with Crippen LogP contribution in [0.2, 0.25) is 0 Å². The number of nitrogens with one attached hydrogen (secondary N) is 1. The number of nitrogens with zero attached hydrogens (tertiary/aromatic N) is 1. The number of hydrogen-bond acceptors (Lipinski definition) is 3. The maximum Gasteiger partial charge on any atom is 0.165 e. The van der Waals surface area contributed by atoms with Crippen molar-refractivity contribution in [2.24, 2.45) is 0 Å². The summed E-state index contributed by atoms with van der Waals surface area (Å²) in [6, 6.07) is 13.3. The molecule has 128 valence electrons. The fourth-order valence-electron chi connectivity index (χ4n) is 4.60. The molecule has 3 heterocycles. The average molecular weight is 334 g/mol. The first-order chi connectivity index (χ1) is 12.3. The van der Waals surface area contributed by atoms with Crippen LogP contribution in [0.25, 0.3) is 10.9 Å². The van der Waals surface area contributed by atoms with Gasteiger partial charge >= 0.3 is 0 Å². The van der Waals surface area contributed by atoms with Crippen LogP contribution in [0.4, 0.5) is 0 Å². The predicted molar refractivity (Wildman–Crippen MR) is 98.4 cm³/mol. The second-order valence-electron chi connectivity index (χ2n) is 6.94. The SMILES string of the molecule is COc1ccc2c(c1OC)CN1CCc3c([nH]c4ccccc34)C1C2. The number of hydrogen-bond donors (Lipinski definition) is 1. The molecule has 25 heavy (non-hydrogen) atoms. The van der Waals surface area contributed by atoms with Crippen LogP contribution in [-0.4, -0.2) is 30.6 Å². The number of ether oxygens (including phenoxy) is 2. The van der Waals surface area contributed by atoms with Crippen molar-refractivity contribution < 1.29 is 9.47 Å². The summed E-state index contributed by atoms with van der Waals surface area (Å²) in [6.07, 6.45) is 2.10. The van der Waals surface area contributed by atoms with E-state index in [0.717, 1.165) is 37.4 Å². The summed E-state index contributed by atoms with van der Waals surface area (Å²) in [7, 11) is 3.43. The summed E-state index contributed by atoms with van der Waals surface area (Å²) in [5, 5.41) is 1.38. The normalized spacial score (nSPS) is 19.2. The Morgan fingerprint density at radius 3 is 2.76 bits per heavy atom. The number of benzene rings is 2. The van der Waals surface area contributed by atoms with E-state index in [-0.39, 0.29) is 0 Å². The lowest BCUT2D eigenvalue weighted by Crippen LogP contribution is -2.39. The molecule has 0 spiro atoms. The van der Waals surface area contributed by atoms with Crippen LogP contribution in [0.15, 0.2) is 36.4 Å². The van der Waals surface area contributed by atoms with E-state index in [1.807, 2.05) is 6.07 Å². The van der Waals surface area contributed by atoms with Gasteiger partial charge in [-0.1, -0.05) is 24.3 Å². The molecule has 4 nitrogen and oxygen atoms in total. The van der Waals surface area contributed by atoms with Crippen molar-refractivity contribution in [3.63, 3.8) is 0 Å². The number of para-hydroxylation sites is 1. The van der Waals surface area contributed by atoms with Crippen molar-refractivity contribution in [2.75, 3.05) is 20.8 Å². The Morgan fingerprint density at radius 1 is 1.04 bits per heavy atom. The molecule has 0 aliphatic carbocycles. The lowest BCUT2D eigenvalue weighted by molar-refractivity contribution is 0.155. The van der Waals surface area contributed by atoms with Crippen LogP contribution >= 0.6 is 0 Å². The largest absolute Gasteiger partial charge is 0.493 e. The maximum atomic E-state index is 5.67. The van der Waals surface area contributed by atoms with Crippen LogP contribution in [0.5, 0.6) is 11.5 Å². The van der Waals surface area contributed by atoms with E-state index in [1.54, 1.807) is 14.2 Å². The second-order valence-corrected chi connectivity index (χ2v) is 6.94. The number of fused-ring (bicyclic) bond motifs is 6. The van der Waals surface area contributed by atoms with Gasteiger partial charge in [-0.3, -0.25) is 4.90 Å². The Labute approximate surface area is 147 Å². The zero-order valence-corrected chi connectivity index (χ0v) is 14.6. The van der Waals surface area contributed by atoms with Crippen LogP contribution in [0, 0.1) is 0 Å².